The summed E-state index contributed by atoms with van der Waals surface area (Å²) in [7, 11) is 0. The minimum Gasteiger partial charge on any atom is -0.385 e. The molecule has 0 aliphatic carbocycles. The normalized spacial score (nSPS) is 29.3. The van der Waals surface area contributed by atoms with Crippen LogP contribution in [-0.4, -0.2) is 37.4 Å². The summed E-state index contributed by atoms with van der Waals surface area (Å²) < 4.78 is 16.2. The van der Waals surface area contributed by atoms with E-state index in [2.05, 4.69) is 27.0 Å². The van der Waals surface area contributed by atoms with Gasteiger partial charge in [-0.05, 0) is 27.9 Å². The highest BCUT2D eigenvalue weighted by Gasteiger charge is 2.52. The number of quaternary nitrogens is 1. The van der Waals surface area contributed by atoms with Gasteiger partial charge in [0.1, 0.15) is 18.0 Å². The van der Waals surface area contributed by atoms with Gasteiger partial charge in [0.2, 0.25) is 5.82 Å². The Morgan fingerprint density at radius 1 is 1.18 bits per heavy atom. The van der Waals surface area contributed by atoms with Gasteiger partial charge in [-0.1, -0.05) is 24.3 Å². The third kappa shape index (κ3) is 3.15. The van der Waals surface area contributed by atoms with E-state index in [-0.39, 0.29) is 17.9 Å². The van der Waals surface area contributed by atoms with E-state index in [9.17, 15) is 9.50 Å². The number of nitrogens with one attached hydrogen (secondary N) is 1. The Morgan fingerprint density at radius 3 is 2.68 bits per heavy atom. The van der Waals surface area contributed by atoms with Crippen LogP contribution in [0.25, 0.3) is 0 Å². The Labute approximate surface area is 166 Å². The Kier molecular flexibility index (Phi) is 4.49. The van der Waals surface area contributed by atoms with Gasteiger partial charge in [0, 0.05) is 36.1 Å². The number of benzene rings is 1. The molecule has 2 bridgehead atoms. The molecule has 2 N–H and O–H groups in total. The number of rotatable bonds is 5. The second-order valence-electron chi connectivity index (χ2n) is 7.97. The number of nitrogens with zero attached hydrogens (tertiary/aromatic N) is 4. The molecule has 2 fully saturated rings. The molecule has 2 aliphatic rings. The summed E-state index contributed by atoms with van der Waals surface area (Å²) in [5.41, 5.74) is -0.641. The summed E-state index contributed by atoms with van der Waals surface area (Å²) in [6.45, 7) is 1.42. The van der Waals surface area contributed by atoms with E-state index >= 15 is 0 Å². The first-order valence-electron chi connectivity index (χ1n) is 9.73. The first-order valence-corrected chi connectivity index (χ1v) is 10.6. The van der Waals surface area contributed by atoms with Crippen LogP contribution in [0, 0.1) is 5.82 Å². The summed E-state index contributed by atoms with van der Waals surface area (Å²) in [6.07, 6.45) is 3.24. The van der Waals surface area contributed by atoms with Crippen molar-refractivity contribution >= 4 is 11.3 Å². The van der Waals surface area contributed by atoms with Crippen molar-refractivity contribution in [3.05, 3.63) is 63.9 Å². The van der Waals surface area contributed by atoms with Crippen molar-refractivity contribution in [2.24, 2.45) is 0 Å². The van der Waals surface area contributed by atoms with Crippen LogP contribution < -0.4 is 4.90 Å². The molecule has 8 heteroatoms. The van der Waals surface area contributed by atoms with Gasteiger partial charge < -0.3 is 10.0 Å². The Balaban J connectivity index is 1.34. The first kappa shape index (κ1) is 17.9. The van der Waals surface area contributed by atoms with Crippen LogP contribution in [0.15, 0.2) is 41.8 Å². The molecule has 1 aromatic carbocycles. The molecule has 6 nitrogen and oxygen atoms in total. The minimum atomic E-state index is -1.08. The fraction of sp³-hybridized carbons (Fsp3) is 0.450. The first-order chi connectivity index (χ1) is 13.6. The molecule has 4 heterocycles. The Bertz CT molecular complexity index is 945. The predicted molar refractivity (Wildman–Crippen MR) is 102 cm³/mol. The average Bonchev–Trinajstić information content (AvgIpc) is 3.39. The molecular weight excluding hydrogens is 377 g/mol. The monoisotopic (exact) mass is 400 g/mol. The van der Waals surface area contributed by atoms with E-state index in [1.807, 2.05) is 10.7 Å². The summed E-state index contributed by atoms with van der Waals surface area (Å²) in [5.74, 6) is 0.560. The topological polar surface area (TPSA) is 68.3 Å². The molecule has 2 aromatic heterocycles. The fourth-order valence-corrected chi connectivity index (χ4v) is 5.71. The molecule has 0 spiro atoms. The SMILES string of the molecule is OC1(c2ccccc2F)C[C@H]2CC[C@@H](C1)[NH+]2Cc1nnnn1Cc1cccs1. The molecule has 0 amide bonds. The standard InChI is InChI=1S/C20H22FN5OS/c21-18-6-2-1-5-17(18)20(27)10-14-7-8-15(11-20)25(14)13-19-22-23-24-26(19)12-16-4-3-9-28-16/h1-6,9,14-15,27H,7-8,10-13H2/p+1/t14-,15+,20?. The number of thiophene rings is 1. The highest BCUT2D eigenvalue weighted by atomic mass is 32.1. The molecule has 4 atom stereocenters. The molecular formula is C20H23FN5OS+. The lowest BCUT2D eigenvalue weighted by Gasteiger charge is -2.41. The Hall–Kier alpha value is -2.16. The number of piperidine rings is 1. The second kappa shape index (κ2) is 7.02. The maximum absolute atomic E-state index is 14.3. The number of hydrogen-bond donors (Lipinski definition) is 2. The van der Waals surface area contributed by atoms with Crippen LogP contribution in [0.5, 0.6) is 0 Å². The number of tetrazole rings is 1. The zero-order valence-electron chi connectivity index (χ0n) is 15.5. The Morgan fingerprint density at radius 2 is 1.96 bits per heavy atom. The lowest BCUT2D eigenvalue weighted by atomic mass is 9.80. The molecule has 0 radical (unpaired) electrons. The molecule has 2 unspecified atom stereocenters. The van der Waals surface area contributed by atoms with Crippen molar-refractivity contribution in [3.8, 4) is 0 Å². The third-order valence-corrected chi connectivity index (χ3v) is 7.17. The maximum atomic E-state index is 14.3. The third-order valence-electron chi connectivity index (χ3n) is 6.31. The summed E-state index contributed by atoms with van der Waals surface area (Å²) in [4.78, 5) is 2.64. The number of fused-ring (bicyclic) bond motifs is 2. The second-order valence-corrected chi connectivity index (χ2v) is 9.01. The van der Waals surface area contributed by atoms with E-state index in [0.29, 0.717) is 24.9 Å². The van der Waals surface area contributed by atoms with Gasteiger partial charge in [0.15, 0.2) is 0 Å². The van der Waals surface area contributed by atoms with Crippen molar-refractivity contribution in [2.75, 3.05) is 0 Å². The number of halogens is 1. The van der Waals surface area contributed by atoms with Crippen molar-refractivity contribution in [1.82, 2.24) is 20.2 Å². The van der Waals surface area contributed by atoms with E-state index in [4.69, 9.17) is 0 Å². The van der Waals surface area contributed by atoms with Crippen molar-refractivity contribution in [2.45, 2.75) is 56.5 Å². The summed E-state index contributed by atoms with van der Waals surface area (Å²) in [5, 5.41) is 25.6. The van der Waals surface area contributed by atoms with Crippen molar-refractivity contribution < 1.29 is 14.4 Å². The van der Waals surface area contributed by atoms with Crippen LogP contribution in [0.1, 0.15) is 41.9 Å². The highest BCUT2D eigenvalue weighted by molar-refractivity contribution is 7.09. The number of hydrogen-bond acceptors (Lipinski definition) is 5. The van der Waals surface area contributed by atoms with E-state index < -0.39 is 5.60 Å². The molecule has 3 aromatic rings. The molecule has 28 heavy (non-hydrogen) atoms. The van der Waals surface area contributed by atoms with Gasteiger partial charge in [-0.25, -0.2) is 9.07 Å². The van der Waals surface area contributed by atoms with Crippen LogP contribution >= 0.6 is 11.3 Å². The average molecular weight is 401 g/mol. The molecule has 0 saturated carbocycles. The summed E-state index contributed by atoms with van der Waals surface area (Å²) >= 11 is 1.70. The van der Waals surface area contributed by atoms with Crippen LogP contribution in [-0.2, 0) is 18.7 Å². The lowest BCUT2D eigenvalue weighted by Crippen LogP contribution is -3.17. The summed E-state index contributed by atoms with van der Waals surface area (Å²) in [6, 6.07) is 11.3. The zero-order chi connectivity index (χ0) is 19.1. The number of aromatic nitrogens is 4. The van der Waals surface area contributed by atoms with Crippen molar-refractivity contribution in [3.63, 3.8) is 0 Å². The highest BCUT2D eigenvalue weighted by Crippen LogP contribution is 2.39. The maximum Gasteiger partial charge on any atom is 0.206 e. The fourth-order valence-electron chi connectivity index (χ4n) is 5.02. The predicted octanol–water partition coefficient (Wildman–Crippen LogP) is 1.52. The van der Waals surface area contributed by atoms with Crippen LogP contribution in [0.2, 0.25) is 0 Å². The molecule has 2 saturated heterocycles. The molecule has 5 rings (SSSR count). The molecule has 2 aliphatic heterocycles. The largest absolute Gasteiger partial charge is 0.385 e. The van der Waals surface area contributed by atoms with Gasteiger partial charge in [-0.2, -0.15) is 0 Å². The molecule has 146 valence electrons. The van der Waals surface area contributed by atoms with Crippen molar-refractivity contribution in [1.29, 1.82) is 0 Å². The van der Waals surface area contributed by atoms with Gasteiger partial charge in [0.25, 0.3) is 0 Å². The number of aliphatic hydroxyl groups is 1. The van der Waals surface area contributed by atoms with E-state index in [1.54, 1.807) is 29.5 Å². The van der Waals surface area contributed by atoms with Crippen LogP contribution in [0.3, 0.4) is 0 Å². The quantitative estimate of drug-likeness (QED) is 0.682. The smallest absolute Gasteiger partial charge is 0.206 e. The minimum absolute atomic E-state index is 0.287. The van der Waals surface area contributed by atoms with E-state index in [1.165, 1.54) is 15.8 Å². The van der Waals surface area contributed by atoms with Gasteiger partial charge >= 0.3 is 0 Å². The van der Waals surface area contributed by atoms with Gasteiger partial charge in [-0.15, -0.1) is 16.4 Å². The zero-order valence-corrected chi connectivity index (χ0v) is 16.3. The van der Waals surface area contributed by atoms with Gasteiger partial charge in [-0.3, -0.25) is 0 Å². The van der Waals surface area contributed by atoms with E-state index in [0.717, 1.165) is 25.2 Å². The van der Waals surface area contributed by atoms with Gasteiger partial charge in [0.05, 0.1) is 18.6 Å². The van der Waals surface area contributed by atoms with Crippen LogP contribution in [0.4, 0.5) is 4.39 Å². The lowest BCUT2D eigenvalue weighted by molar-refractivity contribution is -0.958.